The molecule has 3 rings (SSSR count). The van der Waals surface area contributed by atoms with Crippen LogP contribution in [-0.4, -0.2) is 18.4 Å². The van der Waals surface area contributed by atoms with Gasteiger partial charge in [-0.3, -0.25) is 4.72 Å². The summed E-state index contributed by atoms with van der Waals surface area (Å²) < 4.78 is 46.4. The topological polar surface area (TPSA) is 81.2 Å². The predicted octanol–water partition coefficient (Wildman–Crippen LogP) is 4.48. The SMILES string of the molecule is Cc1nc(Oc2ccccc2)nc(C)c1NS(=O)(=O)c1ccc(F)c(Cl)c1. The van der Waals surface area contributed by atoms with Gasteiger partial charge in [-0.15, -0.1) is 0 Å². The number of hydrogen-bond donors (Lipinski definition) is 1. The van der Waals surface area contributed by atoms with E-state index in [2.05, 4.69) is 14.7 Å². The van der Waals surface area contributed by atoms with Crippen molar-refractivity contribution in [2.45, 2.75) is 18.7 Å². The van der Waals surface area contributed by atoms with Gasteiger partial charge in [0.2, 0.25) is 0 Å². The molecule has 0 unspecified atom stereocenters. The highest BCUT2D eigenvalue weighted by atomic mass is 35.5. The summed E-state index contributed by atoms with van der Waals surface area (Å²) in [7, 11) is -3.99. The van der Waals surface area contributed by atoms with Crippen molar-refractivity contribution in [2.24, 2.45) is 0 Å². The van der Waals surface area contributed by atoms with Crippen LogP contribution in [0.25, 0.3) is 0 Å². The standard InChI is InChI=1S/C18H15ClFN3O3S/c1-11-17(23-27(24,25)14-8-9-16(20)15(19)10-14)12(2)22-18(21-11)26-13-6-4-3-5-7-13/h3-10,23H,1-2H3. The first-order chi connectivity index (χ1) is 12.8. The van der Waals surface area contributed by atoms with Crippen LogP contribution in [0.15, 0.2) is 53.4 Å². The van der Waals surface area contributed by atoms with Gasteiger partial charge >= 0.3 is 6.01 Å². The zero-order chi connectivity index (χ0) is 19.6. The Balaban J connectivity index is 1.89. The van der Waals surface area contributed by atoms with Gasteiger partial charge in [-0.05, 0) is 44.2 Å². The van der Waals surface area contributed by atoms with Crippen molar-refractivity contribution in [1.82, 2.24) is 9.97 Å². The highest BCUT2D eigenvalue weighted by Crippen LogP contribution is 2.26. The molecule has 0 atom stereocenters. The van der Waals surface area contributed by atoms with E-state index in [9.17, 15) is 12.8 Å². The second-order valence-corrected chi connectivity index (χ2v) is 7.74. The molecule has 0 bridgehead atoms. The first-order valence-corrected chi connectivity index (χ1v) is 9.68. The molecule has 3 aromatic rings. The van der Waals surface area contributed by atoms with Gasteiger partial charge in [0.15, 0.2) is 0 Å². The smallest absolute Gasteiger partial charge is 0.322 e. The number of hydrogen-bond acceptors (Lipinski definition) is 5. The minimum atomic E-state index is -3.99. The lowest BCUT2D eigenvalue weighted by atomic mass is 10.3. The number of aromatic nitrogens is 2. The maximum Gasteiger partial charge on any atom is 0.322 e. The summed E-state index contributed by atoms with van der Waals surface area (Å²) in [6, 6.07) is 12.2. The molecular weight excluding hydrogens is 393 g/mol. The molecule has 0 saturated heterocycles. The van der Waals surface area contributed by atoms with Crippen molar-refractivity contribution in [3.05, 3.63) is 70.8 Å². The molecule has 0 aliphatic carbocycles. The van der Waals surface area contributed by atoms with E-state index in [0.29, 0.717) is 17.1 Å². The van der Waals surface area contributed by atoms with Crippen molar-refractivity contribution in [3.8, 4) is 11.8 Å². The van der Waals surface area contributed by atoms with Crippen molar-refractivity contribution < 1.29 is 17.5 Å². The Morgan fingerprint density at radius 2 is 1.67 bits per heavy atom. The second-order valence-electron chi connectivity index (χ2n) is 5.65. The fourth-order valence-corrected chi connectivity index (χ4v) is 3.76. The first-order valence-electron chi connectivity index (χ1n) is 7.82. The number of nitrogens with zero attached hydrogens (tertiary/aromatic N) is 2. The minimum absolute atomic E-state index is 0.101. The minimum Gasteiger partial charge on any atom is -0.424 e. The monoisotopic (exact) mass is 407 g/mol. The Morgan fingerprint density at radius 1 is 1.04 bits per heavy atom. The van der Waals surface area contributed by atoms with Gasteiger partial charge in [0.05, 0.1) is 27.0 Å². The van der Waals surface area contributed by atoms with Crippen LogP contribution in [0, 0.1) is 19.7 Å². The molecule has 9 heteroatoms. The van der Waals surface area contributed by atoms with Crippen LogP contribution in [0.3, 0.4) is 0 Å². The average Bonchev–Trinajstić information content (AvgIpc) is 2.61. The third kappa shape index (κ3) is 4.35. The fraction of sp³-hybridized carbons (Fsp3) is 0.111. The van der Waals surface area contributed by atoms with Gasteiger partial charge in [0, 0.05) is 0 Å². The Labute approximate surface area is 161 Å². The molecular formula is C18H15ClFN3O3S. The van der Waals surface area contributed by atoms with E-state index in [4.69, 9.17) is 16.3 Å². The number of ether oxygens (including phenoxy) is 1. The predicted molar refractivity (Wildman–Crippen MR) is 100 cm³/mol. The number of aryl methyl sites for hydroxylation is 2. The molecule has 6 nitrogen and oxygen atoms in total. The molecule has 0 amide bonds. The summed E-state index contributed by atoms with van der Waals surface area (Å²) in [5, 5.41) is -0.283. The molecule has 0 radical (unpaired) electrons. The lowest BCUT2D eigenvalue weighted by Gasteiger charge is -2.14. The summed E-state index contributed by atoms with van der Waals surface area (Å²) in [6.07, 6.45) is 0. The van der Waals surface area contributed by atoms with Crippen LogP contribution in [0.5, 0.6) is 11.8 Å². The Bertz CT molecular complexity index is 1070. The second kappa shape index (κ2) is 7.50. The molecule has 0 fully saturated rings. The van der Waals surface area contributed by atoms with E-state index >= 15 is 0 Å². The third-order valence-electron chi connectivity index (χ3n) is 3.64. The van der Waals surface area contributed by atoms with Crippen molar-refractivity contribution in [2.75, 3.05) is 4.72 Å². The number of para-hydroxylation sites is 1. The highest BCUT2D eigenvalue weighted by Gasteiger charge is 2.20. The number of halogens is 2. The summed E-state index contributed by atoms with van der Waals surface area (Å²) in [5.74, 6) is -0.140. The zero-order valence-electron chi connectivity index (χ0n) is 14.4. The Kier molecular flexibility index (Phi) is 5.29. The van der Waals surface area contributed by atoms with Crippen molar-refractivity contribution in [3.63, 3.8) is 0 Å². The van der Waals surface area contributed by atoms with Gasteiger partial charge in [0.25, 0.3) is 10.0 Å². The van der Waals surface area contributed by atoms with Crippen LogP contribution in [-0.2, 0) is 10.0 Å². The number of benzene rings is 2. The van der Waals surface area contributed by atoms with Gasteiger partial charge in [-0.1, -0.05) is 29.8 Å². The molecule has 27 heavy (non-hydrogen) atoms. The Morgan fingerprint density at radius 3 is 2.26 bits per heavy atom. The van der Waals surface area contributed by atoms with Gasteiger partial charge in [-0.2, -0.15) is 9.97 Å². The number of nitrogens with one attached hydrogen (secondary N) is 1. The van der Waals surface area contributed by atoms with Crippen LogP contribution < -0.4 is 9.46 Å². The van der Waals surface area contributed by atoms with E-state index in [1.54, 1.807) is 26.0 Å². The quantitative estimate of drug-likeness (QED) is 0.674. The fourth-order valence-electron chi connectivity index (χ4n) is 2.31. The normalized spacial score (nSPS) is 11.3. The van der Waals surface area contributed by atoms with E-state index in [1.165, 1.54) is 0 Å². The average molecular weight is 408 g/mol. The number of sulfonamides is 1. The molecule has 1 N–H and O–H groups in total. The molecule has 1 heterocycles. The lowest BCUT2D eigenvalue weighted by molar-refractivity contribution is 0.439. The van der Waals surface area contributed by atoms with Crippen LogP contribution >= 0.6 is 11.6 Å². The molecule has 140 valence electrons. The van der Waals surface area contributed by atoms with Gasteiger partial charge in [0.1, 0.15) is 11.6 Å². The van der Waals surface area contributed by atoms with Crippen molar-refractivity contribution >= 4 is 27.3 Å². The van der Waals surface area contributed by atoms with Crippen LogP contribution in [0.4, 0.5) is 10.1 Å². The highest BCUT2D eigenvalue weighted by molar-refractivity contribution is 7.92. The van der Waals surface area contributed by atoms with E-state index < -0.39 is 15.8 Å². The van der Waals surface area contributed by atoms with E-state index in [1.807, 2.05) is 18.2 Å². The zero-order valence-corrected chi connectivity index (χ0v) is 16.0. The lowest BCUT2D eigenvalue weighted by Crippen LogP contribution is -2.16. The summed E-state index contributed by atoms with van der Waals surface area (Å²) in [5.41, 5.74) is 0.978. The van der Waals surface area contributed by atoms with E-state index in [-0.39, 0.29) is 21.6 Å². The third-order valence-corrected chi connectivity index (χ3v) is 5.28. The molecule has 0 saturated carbocycles. The maximum absolute atomic E-state index is 13.3. The summed E-state index contributed by atoms with van der Waals surface area (Å²) in [6.45, 7) is 3.25. The molecule has 0 aliphatic rings. The van der Waals surface area contributed by atoms with Crippen molar-refractivity contribution in [1.29, 1.82) is 0 Å². The molecule has 2 aromatic carbocycles. The largest absolute Gasteiger partial charge is 0.424 e. The number of rotatable bonds is 5. The number of anilines is 1. The van der Waals surface area contributed by atoms with Crippen LogP contribution in [0.1, 0.15) is 11.4 Å². The summed E-state index contributed by atoms with van der Waals surface area (Å²) >= 11 is 5.67. The maximum atomic E-state index is 13.3. The van der Waals surface area contributed by atoms with Gasteiger partial charge < -0.3 is 4.74 Å². The van der Waals surface area contributed by atoms with Crippen LogP contribution in [0.2, 0.25) is 5.02 Å². The van der Waals surface area contributed by atoms with Gasteiger partial charge in [-0.25, -0.2) is 12.8 Å². The van der Waals surface area contributed by atoms with E-state index in [0.717, 1.165) is 18.2 Å². The Hall–Kier alpha value is -2.71. The summed E-state index contributed by atoms with van der Waals surface area (Å²) in [4.78, 5) is 8.22. The molecule has 0 aliphatic heterocycles. The molecule has 0 spiro atoms. The first kappa shape index (κ1) is 19.1. The molecule has 1 aromatic heterocycles.